The van der Waals surface area contributed by atoms with Gasteiger partial charge in [-0.2, -0.15) is 24.4 Å². The van der Waals surface area contributed by atoms with Crippen LogP contribution in [0, 0.1) is 76.9 Å². The van der Waals surface area contributed by atoms with Crippen molar-refractivity contribution in [2.75, 3.05) is 25.1 Å². The number of aromatic hydroxyl groups is 1. The zero-order valence-electron chi connectivity index (χ0n) is 87.2. The van der Waals surface area contributed by atoms with Crippen LogP contribution in [-0.4, -0.2) is 101 Å². The van der Waals surface area contributed by atoms with E-state index in [0.29, 0.717) is 52.8 Å². The van der Waals surface area contributed by atoms with Crippen molar-refractivity contribution in [3.63, 3.8) is 0 Å². The van der Waals surface area contributed by atoms with E-state index >= 15 is 0 Å². The number of thiol groups is 1. The first kappa shape index (κ1) is 144. The first-order valence-corrected chi connectivity index (χ1v) is 47.6. The molecule has 0 saturated heterocycles. The second-order valence-electron chi connectivity index (χ2n) is 37.2. The van der Waals surface area contributed by atoms with Crippen LogP contribution in [0.15, 0.2) is 102 Å². The first-order valence-electron chi connectivity index (χ1n) is 45.7. The van der Waals surface area contributed by atoms with Gasteiger partial charge < -0.3 is 53.3 Å². The largest absolute Gasteiger partial charge is 0.508 e. The van der Waals surface area contributed by atoms with E-state index in [1.54, 1.807) is 59.9 Å². The number of imidazole rings is 1. The van der Waals surface area contributed by atoms with Crippen LogP contribution in [0.1, 0.15) is 402 Å². The van der Waals surface area contributed by atoms with Gasteiger partial charge in [-0.1, -0.05) is 363 Å². The number of nitrogens with zero attached hydrogens (tertiary/aromatic N) is 2. The number of phenols is 1. The van der Waals surface area contributed by atoms with Crippen molar-refractivity contribution in [3.8, 4) is 5.75 Å². The maximum atomic E-state index is 10.0. The van der Waals surface area contributed by atoms with Crippen LogP contribution < -0.4 is 22.9 Å². The van der Waals surface area contributed by atoms with Gasteiger partial charge in [-0.05, 0) is 187 Å². The average molecular weight is 1750 g/mol. The van der Waals surface area contributed by atoms with Gasteiger partial charge in [0.2, 0.25) is 11.8 Å². The molecule has 121 heavy (non-hydrogen) atoms. The number of rotatable bonds is 23. The molecule has 16 nitrogen and oxygen atoms in total. The van der Waals surface area contributed by atoms with Gasteiger partial charge in [-0.3, -0.25) is 24.2 Å². The number of para-hydroxylation sites is 1. The number of phenolic OH excluding ortho intramolecular Hbond substituents is 1. The van der Waals surface area contributed by atoms with Gasteiger partial charge in [0.15, 0.2) is 0 Å². The van der Waals surface area contributed by atoms with Gasteiger partial charge in [0.1, 0.15) is 11.6 Å². The van der Waals surface area contributed by atoms with Crippen LogP contribution in [0.5, 0.6) is 5.75 Å². The Balaban J connectivity index is -0.0000000937. The third-order valence-corrected chi connectivity index (χ3v) is 15.4. The number of aliphatic hydroxyl groups is 1. The Morgan fingerprint density at radius 2 is 0.884 bits per heavy atom. The van der Waals surface area contributed by atoms with E-state index in [-0.39, 0.29) is 42.1 Å². The molecule has 5 aromatic rings. The molecule has 2 amide bonds. The quantitative estimate of drug-likeness (QED) is 0.0126. The topological polar surface area (TPSA) is 310 Å². The predicted molar refractivity (Wildman–Crippen MR) is 550 cm³/mol. The highest BCUT2D eigenvalue weighted by Gasteiger charge is 2.05. The van der Waals surface area contributed by atoms with E-state index in [1.807, 2.05) is 84.6 Å². The normalized spacial score (nSPS) is 10.2. The molecule has 2 aromatic heterocycles. The van der Waals surface area contributed by atoms with Crippen LogP contribution in [0.3, 0.4) is 0 Å². The number of hydrogen-bond acceptors (Lipinski definition) is 11. The Hall–Kier alpha value is -5.82. The van der Waals surface area contributed by atoms with Crippen LogP contribution >= 0.6 is 24.4 Å². The van der Waals surface area contributed by atoms with Crippen molar-refractivity contribution in [1.82, 2.24) is 15.0 Å². The number of aliphatic imine (C=N–C) groups is 1. The number of benzene rings is 3. The molecule has 2 heterocycles. The number of thioether (sulfide) groups is 1. The monoisotopic (exact) mass is 1750 g/mol. The highest BCUT2D eigenvalue weighted by Crippen LogP contribution is 2.21. The molecular weight excluding hydrogens is 1540 g/mol. The summed E-state index contributed by atoms with van der Waals surface area (Å²) in [5.74, 6) is 11.8. The summed E-state index contributed by atoms with van der Waals surface area (Å²) in [6.07, 6.45) is 15.2. The summed E-state index contributed by atoms with van der Waals surface area (Å²) in [7, 11) is 0. The lowest BCUT2D eigenvalue weighted by Gasteiger charge is -2.05. The number of nitrogens with one attached hydrogen (secondary N) is 2. The van der Waals surface area contributed by atoms with E-state index in [0.717, 1.165) is 78.6 Å². The number of H-pyrrole nitrogens is 2. The molecule has 0 bridgehead atoms. The Morgan fingerprint density at radius 1 is 0.512 bits per heavy atom. The lowest BCUT2D eigenvalue weighted by atomic mass is 10.0. The van der Waals surface area contributed by atoms with Crippen LogP contribution in [0.2, 0.25) is 0 Å². The van der Waals surface area contributed by atoms with Gasteiger partial charge in [0.25, 0.3) is 0 Å². The van der Waals surface area contributed by atoms with Crippen molar-refractivity contribution >= 4 is 64.9 Å². The summed E-state index contributed by atoms with van der Waals surface area (Å²) in [6.45, 7) is 91.6. The van der Waals surface area contributed by atoms with Gasteiger partial charge in [-0.25, -0.2) is 4.98 Å². The standard InChI is InChI=1S/C11H13N.C9H12O.C9H12.C7H16N2.C7H17N.C7H16.C6H10N2.C6H14.C5H11NO.C5H10O2.C5H12S.C5H12.C4H9NO.C4H8O2.C4H10.C3H8O.C3H8S.C3H8/c1-8(2)11-7-9-5-3-4-6-10(9)12-11;1-7(2)8-3-5-9(10)6-4-8;1-8(2)9-6-4-3-5-7-9;1-6(2)4-5-9-7(3)8;1-7(2)5-3-4-6-8;1-6(2)5-7(3)4;1-5(2)6-7-3-4-8-6;1-5(2)6(3)4;2*1-4(2)3-5(6)7;1-5(2)4-6-3;1-4-5(2)3;2*1-3(2)4(5)6;1-4(2)3;2*1-3(2)4;1-3-2/h3-8,12H,1-2H3;3-7,10H,1-2H3;3-8H,1-2H3;6H,4-5H2,1-3H3,(H2,8,9);7H,3-6,8H2,1-2H3;6-7H,5H2,1-4H3;3-5H,1-2H3,(H,7,8);5-6H,1-4H3;4H,3H2,1-2H3,(H2,6,7);4H,3H2,1-2H3,(H,6,7);5H,4H2,1-3H3;5H,4H2,1-3H3;3H,1-2H3,(H2,5,6);3H,1-2H3,(H,5,6);4H,1-3H3;2*3-4H,1-2H3;3H2,1-2H3. The van der Waals surface area contributed by atoms with E-state index in [2.05, 4.69) is 301 Å². The number of primary amides is 2. The summed E-state index contributed by atoms with van der Waals surface area (Å²) in [5, 5.41) is 34.9. The Morgan fingerprint density at radius 3 is 1.07 bits per heavy atom. The minimum Gasteiger partial charge on any atom is -0.508 e. The number of aromatic nitrogens is 3. The van der Waals surface area contributed by atoms with Crippen molar-refractivity contribution in [2.45, 2.75) is 391 Å². The minimum absolute atomic E-state index is 0.00926. The third kappa shape index (κ3) is 162. The highest BCUT2D eigenvalue weighted by atomic mass is 32.2. The van der Waals surface area contributed by atoms with Crippen molar-refractivity contribution < 1.29 is 39.6 Å². The van der Waals surface area contributed by atoms with Crippen molar-refractivity contribution in [1.29, 1.82) is 0 Å². The van der Waals surface area contributed by atoms with E-state index < -0.39 is 11.9 Å². The number of carboxylic acid groups (broad SMARTS) is 2. The molecule has 5 rings (SSSR count). The number of aromatic amines is 2. The third-order valence-electron chi connectivity index (χ3n) is 14.4. The molecule has 0 saturated carbocycles. The van der Waals surface area contributed by atoms with Gasteiger partial charge in [-0.15, -0.1) is 0 Å². The number of hydrogen-bond donors (Lipinski definition) is 11. The predicted octanol–water partition coefficient (Wildman–Crippen LogP) is 29.7. The van der Waals surface area contributed by atoms with E-state index in [1.165, 1.54) is 72.0 Å². The molecule has 0 aliphatic carbocycles. The number of carboxylic acids is 2. The van der Waals surface area contributed by atoms with Crippen LogP contribution in [0.25, 0.3) is 10.9 Å². The van der Waals surface area contributed by atoms with E-state index in [9.17, 15) is 19.2 Å². The molecule has 0 unspecified atom stereocenters. The maximum Gasteiger partial charge on any atom is 0.305 e. The fourth-order valence-electron chi connectivity index (χ4n) is 6.92. The number of nitrogens with two attached hydrogens (primary N) is 4. The summed E-state index contributed by atoms with van der Waals surface area (Å²) >= 11 is 5.88. The molecule has 14 N–H and O–H groups in total. The summed E-state index contributed by atoms with van der Waals surface area (Å²) in [5.41, 5.74) is 25.5. The van der Waals surface area contributed by atoms with Gasteiger partial charge in [0, 0.05) is 60.9 Å². The maximum absolute atomic E-state index is 10.0. The molecular formula is C103H206N8O8S2. The molecule has 718 valence electrons. The Labute approximate surface area is 761 Å². The highest BCUT2D eigenvalue weighted by molar-refractivity contribution is 7.98. The number of aliphatic carboxylic acids is 2. The molecule has 0 aliphatic heterocycles. The second kappa shape index (κ2) is 101. The lowest BCUT2D eigenvalue weighted by Crippen LogP contribution is -2.17. The summed E-state index contributed by atoms with van der Waals surface area (Å²) in [4.78, 5) is 54.0. The molecule has 18 heteroatoms. The molecule has 0 fully saturated rings. The average Bonchev–Trinajstić information content (AvgIpc) is 1.69. The molecule has 0 aliphatic rings. The zero-order chi connectivity index (χ0) is 98.2. The summed E-state index contributed by atoms with van der Waals surface area (Å²) < 4.78 is 0. The zero-order valence-corrected chi connectivity index (χ0v) is 88.9. The van der Waals surface area contributed by atoms with Gasteiger partial charge >= 0.3 is 11.9 Å². The number of carbonyl (C=O) groups excluding carboxylic acids is 2. The number of fused-ring (bicyclic) bond motifs is 1. The number of unbranched alkanes of at least 4 members (excludes halogenated alkanes) is 1. The smallest absolute Gasteiger partial charge is 0.305 e. The Bertz CT molecular complexity index is 2770. The molecule has 0 spiro atoms. The number of amides is 2. The van der Waals surface area contributed by atoms with Crippen molar-refractivity contribution in [2.24, 2.45) is 105 Å². The second-order valence-corrected chi connectivity index (χ2v) is 39.1. The molecule has 0 radical (unpaired) electrons. The molecule has 0 atom stereocenters. The fraction of sp³-hybridized carbons (Fsp3) is 0.728. The number of aliphatic hydroxyl groups excluding tert-OH is 1. The van der Waals surface area contributed by atoms with Gasteiger partial charge in [0.05, 0.1) is 11.8 Å². The van der Waals surface area contributed by atoms with Crippen molar-refractivity contribution in [3.05, 3.63) is 120 Å². The van der Waals surface area contributed by atoms with E-state index in [4.69, 9.17) is 43.4 Å². The summed E-state index contributed by atoms with van der Waals surface area (Å²) in [6, 6.07) is 28.4. The Kier molecular flexibility index (Phi) is 120. The molecule has 3 aromatic carbocycles. The first-order chi connectivity index (χ1) is 55.4. The number of amidine groups is 1. The van der Waals surface area contributed by atoms with Crippen LogP contribution in [-0.2, 0) is 19.2 Å². The minimum atomic E-state index is -0.741. The SMILES string of the molecule is CC(C)C.CC(C)C(=O)O.CC(C)C(C)C.CC(C)C(N)=O.CC(C)CC(=O)O.CC(C)CC(C)C.CC(C)CC(N)=O.CC(C)CCCCN.CC(C)O.CC(C)S.CC(C)c1cc2ccccc2[nH]1.CC(C)c1ccc(O)cc1.CC(C)c1ccccc1.CC(C)c1ncc[nH]1.CC(N)=NCCC(C)C.CCC.CCC(C)C.CSCC(C)C. The van der Waals surface area contributed by atoms with Crippen LogP contribution in [0.4, 0.5) is 0 Å². The fourth-order valence-corrected chi connectivity index (χ4v) is 7.59. The number of carbonyl (C=O) groups is 4. The lowest BCUT2D eigenvalue weighted by molar-refractivity contribution is -0.140.